The molecule has 0 bridgehead atoms. The zero-order valence-corrected chi connectivity index (χ0v) is 29.5. The first-order chi connectivity index (χ1) is 20.3. The Balaban J connectivity index is 1.16. The van der Waals surface area contributed by atoms with Crippen LogP contribution in [0, 0.1) is 46.3 Å². The van der Waals surface area contributed by atoms with Crippen LogP contribution < -0.4 is 0 Å². The van der Waals surface area contributed by atoms with Crippen molar-refractivity contribution >= 4 is 0 Å². The highest BCUT2D eigenvalue weighted by atomic mass is 16.5. The van der Waals surface area contributed by atoms with Crippen molar-refractivity contribution in [1.82, 2.24) is 0 Å². The molecule has 0 spiro atoms. The van der Waals surface area contributed by atoms with Gasteiger partial charge in [-0.3, -0.25) is 0 Å². The summed E-state index contributed by atoms with van der Waals surface area (Å²) in [6, 6.07) is 0. The van der Waals surface area contributed by atoms with E-state index in [1.807, 2.05) is 0 Å². The standard InChI is InChI=1S/C41H74O/c1-7-8-9-10-11-12-13-14-15-16-17-18-30-42-35-26-28-40(5)34(31-35)22-23-36-38-25-24-37(33(4)21-19-20-32(2)3)41(38,6)29-27-39(36)40/h22,32-33,35-39H,7-21,23-31H2,1-6H3/t33-,35-,36+,37-,38-,39-,40+,41-/m1/s1. The summed E-state index contributed by atoms with van der Waals surface area (Å²) in [4.78, 5) is 0. The van der Waals surface area contributed by atoms with Gasteiger partial charge in [0, 0.05) is 6.61 Å². The summed E-state index contributed by atoms with van der Waals surface area (Å²) in [6.45, 7) is 16.1. The third-order valence-electron chi connectivity index (χ3n) is 13.6. The Labute approximate surface area is 264 Å². The van der Waals surface area contributed by atoms with E-state index in [4.69, 9.17) is 4.74 Å². The van der Waals surface area contributed by atoms with Crippen LogP contribution in [-0.4, -0.2) is 12.7 Å². The Bertz CT molecular complexity index is 797. The van der Waals surface area contributed by atoms with Crippen molar-refractivity contribution in [2.45, 2.75) is 195 Å². The van der Waals surface area contributed by atoms with Crippen molar-refractivity contribution in [3.63, 3.8) is 0 Å². The average molecular weight is 583 g/mol. The van der Waals surface area contributed by atoms with E-state index in [1.165, 1.54) is 148 Å². The molecule has 0 radical (unpaired) electrons. The SMILES string of the molecule is CCCCCCCCCCCCCCO[C@@H]1CC[C@@]2(C)C(=CC[C@H]3[C@H]4CC[C@H]([C@H](C)CCCC(C)C)[C@@]4(C)CC[C@H]32)C1. The number of allylic oxidation sites excluding steroid dienone is 1. The lowest BCUT2D eigenvalue weighted by atomic mass is 9.47. The van der Waals surface area contributed by atoms with Crippen LogP contribution in [0.1, 0.15) is 189 Å². The fourth-order valence-electron chi connectivity index (χ4n) is 11.0. The molecule has 0 amide bonds. The summed E-state index contributed by atoms with van der Waals surface area (Å²) in [5.74, 6) is 5.60. The second-order valence-corrected chi connectivity index (χ2v) is 16.9. The summed E-state index contributed by atoms with van der Waals surface area (Å²) in [5, 5.41) is 0. The maximum atomic E-state index is 6.54. The van der Waals surface area contributed by atoms with Gasteiger partial charge >= 0.3 is 0 Å². The minimum atomic E-state index is 0.459. The minimum Gasteiger partial charge on any atom is -0.378 e. The van der Waals surface area contributed by atoms with Gasteiger partial charge in [0.2, 0.25) is 0 Å². The molecule has 0 aromatic carbocycles. The first kappa shape index (κ1) is 34.6. The molecule has 8 atom stereocenters. The Morgan fingerprint density at radius 3 is 2.07 bits per heavy atom. The predicted molar refractivity (Wildman–Crippen MR) is 184 cm³/mol. The second-order valence-electron chi connectivity index (χ2n) is 16.9. The average Bonchev–Trinajstić information content (AvgIpc) is 3.32. The van der Waals surface area contributed by atoms with Crippen molar-refractivity contribution in [2.24, 2.45) is 46.3 Å². The summed E-state index contributed by atoms with van der Waals surface area (Å²) in [7, 11) is 0. The molecular weight excluding hydrogens is 508 g/mol. The molecule has 4 aliphatic carbocycles. The zero-order chi connectivity index (χ0) is 30.0. The number of rotatable bonds is 19. The van der Waals surface area contributed by atoms with Crippen LogP contribution in [0.4, 0.5) is 0 Å². The maximum absolute atomic E-state index is 6.54. The van der Waals surface area contributed by atoms with Gasteiger partial charge in [0.25, 0.3) is 0 Å². The molecule has 3 fully saturated rings. The highest BCUT2D eigenvalue weighted by molar-refractivity contribution is 5.25. The molecule has 4 aliphatic rings. The van der Waals surface area contributed by atoms with Crippen molar-refractivity contribution in [3.05, 3.63) is 11.6 Å². The molecule has 1 nitrogen and oxygen atoms in total. The number of fused-ring (bicyclic) bond motifs is 5. The summed E-state index contributed by atoms with van der Waals surface area (Å²) < 4.78 is 6.54. The lowest BCUT2D eigenvalue weighted by Gasteiger charge is -2.58. The Kier molecular flexibility index (Phi) is 13.9. The molecule has 4 rings (SSSR count). The Hall–Kier alpha value is -0.300. The van der Waals surface area contributed by atoms with Gasteiger partial charge in [0.05, 0.1) is 6.10 Å². The number of ether oxygens (including phenoxy) is 1. The molecule has 42 heavy (non-hydrogen) atoms. The lowest BCUT2D eigenvalue weighted by molar-refractivity contribution is -0.0641. The van der Waals surface area contributed by atoms with Gasteiger partial charge in [-0.05, 0) is 104 Å². The van der Waals surface area contributed by atoms with Gasteiger partial charge < -0.3 is 4.74 Å². The molecule has 1 heteroatoms. The van der Waals surface area contributed by atoms with Gasteiger partial charge in [0.1, 0.15) is 0 Å². The third-order valence-corrected chi connectivity index (χ3v) is 13.6. The predicted octanol–water partition coefficient (Wildman–Crippen LogP) is 13.1. The fourth-order valence-corrected chi connectivity index (χ4v) is 11.0. The first-order valence-corrected chi connectivity index (χ1v) is 19.6. The van der Waals surface area contributed by atoms with Crippen LogP contribution in [0.5, 0.6) is 0 Å². The number of unbranched alkanes of at least 4 members (excludes halogenated alkanes) is 11. The Morgan fingerprint density at radius 1 is 0.738 bits per heavy atom. The second kappa shape index (κ2) is 16.9. The van der Waals surface area contributed by atoms with E-state index in [2.05, 4.69) is 47.6 Å². The van der Waals surface area contributed by atoms with E-state index in [-0.39, 0.29) is 0 Å². The van der Waals surface area contributed by atoms with Crippen LogP contribution in [0.2, 0.25) is 0 Å². The van der Waals surface area contributed by atoms with Crippen molar-refractivity contribution < 1.29 is 4.74 Å². The van der Waals surface area contributed by atoms with Crippen LogP contribution >= 0.6 is 0 Å². The Morgan fingerprint density at radius 2 is 1.40 bits per heavy atom. The van der Waals surface area contributed by atoms with Gasteiger partial charge in [-0.15, -0.1) is 0 Å². The molecule has 3 saturated carbocycles. The van der Waals surface area contributed by atoms with E-state index >= 15 is 0 Å². The highest BCUT2D eigenvalue weighted by Crippen LogP contribution is 2.67. The smallest absolute Gasteiger partial charge is 0.0612 e. The molecule has 0 unspecified atom stereocenters. The van der Waals surface area contributed by atoms with Crippen molar-refractivity contribution in [3.8, 4) is 0 Å². The maximum Gasteiger partial charge on any atom is 0.0612 e. The van der Waals surface area contributed by atoms with Crippen LogP contribution in [0.25, 0.3) is 0 Å². The molecule has 244 valence electrons. The summed E-state index contributed by atoms with van der Waals surface area (Å²) in [5.41, 5.74) is 2.87. The third kappa shape index (κ3) is 8.69. The van der Waals surface area contributed by atoms with E-state index in [0.717, 1.165) is 42.1 Å². The van der Waals surface area contributed by atoms with Crippen molar-refractivity contribution in [2.75, 3.05) is 6.61 Å². The van der Waals surface area contributed by atoms with Crippen LogP contribution in [0.15, 0.2) is 11.6 Å². The topological polar surface area (TPSA) is 9.23 Å². The van der Waals surface area contributed by atoms with E-state index in [0.29, 0.717) is 16.9 Å². The summed E-state index contributed by atoms with van der Waals surface area (Å²) in [6.07, 6.45) is 35.9. The molecule has 0 aliphatic heterocycles. The van der Waals surface area contributed by atoms with Gasteiger partial charge in [-0.25, -0.2) is 0 Å². The molecule has 0 saturated heterocycles. The first-order valence-electron chi connectivity index (χ1n) is 19.6. The quantitative estimate of drug-likeness (QED) is 0.109. The van der Waals surface area contributed by atoms with E-state index in [1.54, 1.807) is 5.57 Å². The highest BCUT2D eigenvalue weighted by Gasteiger charge is 2.59. The van der Waals surface area contributed by atoms with E-state index in [9.17, 15) is 0 Å². The van der Waals surface area contributed by atoms with Gasteiger partial charge in [0.15, 0.2) is 0 Å². The minimum absolute atomic E-state index is 0.459. The van der Waals surface area contributed by atoms with Crippen LogP contribution in [-0.2, 0) is 4.74 Å². The molecule has 0 heterocycles. The molecular formula is C41H74O. The fraction of sp³-hybridized carbons (Fsp3) is 0.951. The zero-order valence-electron chi connectivity index (χ0n) is 29.5. The van der Waals surface area contributed by atoms with Gasteiger partial charge in [-0.2, -0.15) is 0 Å². The molecule has 0 N–H and O–H groups in total. The molecule has 0 aromatic heterocycles. The molecule has 0 aromatic rings. The largest absolute Gasteiger partial charge is 0.378 e. The lowest BCUT2D eigenvalue weighted by Crippen LogP contribution is -2.51. The monoisotopic (exact) mass is 583 g/mol. The van der Waals surface area contributed by atoms with Crippen molar-refractivity contribution in [1.29, 1.82) is 0 Å². The number of hydrogen-bond acceptors (Lipinski definition) is 1. The number of hydrogen-bond donors (Lipinski definition) is 0. The van der Waals surface area contributed by atoms with Crippen LogP contribution in [0.3, 0.4) is 0 Å². The normalized spacial score (nSPS) is 35.0. The van der Waals surface area contributed by atoms with E-state index < -0.39 is 0 Å². The summed E-state index contributed by atoms with van der Waals surface area (Å²) >= 11 is 0. The van der Waals surface area contributed by atoms with Gasteiger partial charge in [-0.1, -0.05) is 143 Å².